The molecule has 2 aliphatic carbocycles. The number of fused-ring (bicyclic) bond motifs is 5. The quantitative estimate of drug-likeness (QED) is 0.255. The van der Waals surface area contributed by atoms with Crippen LogP contribution in [0, 0.1) is 37.5 Å². The third-order valence-electron chi connectivity index (χ3n) is 7.14. The average Bonchev–Trinajstić information content (AvgIpc) is 3.32. The molecule has 0 unspecified atom stereocenters. The number of aryl methyl sites for hydroxylation is 2. The van der Waals surface area contributed by atoms with Crippen LogP contribution in [0.25, 0.3) is 0 Å². The Morgan fingerprint density at radius 3 is 2.23 bits per heavy atom. The Kier molecular flexibility index (Phi) is 7.00. The highest BCUT2D eigenvalue weighted by Crippen LogP contribution is 2.60. The first kappa shape index (κ1) is 23.4. The summed E-state index contributed by atoms with van der Waals surface area (Å²) in [5.74, 6) is 0.273. The van der Waals surface area contributed by atoms with E-state index < -0.39 is 0 Å². The van der Waals surface area contributed by atoms with Crippen LogP contribution >= 0.6 is 47.8 Å². The molecule has 31 heavy (non-hydrogen) atoms. The molecule has 2 bridgehead atoms. The molecular formula is C23H27Br3N2O3. The minimum absolute atomic E-state index is 0.00372. The number of hydrogen-bond donors (Lipinski definition) is 1. The van der Waals surface area contributed by atoms with Crippen LogP contribution in [-0.4, -0.2) is 38.8 Å². The van der Waals surface area contributed by atoms with E-state index in [0.717, 1.165) is 47.0 Å². The molecule has 2 saturated carbocycles. The van der Waals surface area contributed by atoms with Gasteiger partial charge in [0, 0.05) is 32.8 Å². The molecule has 3 fully saturated rings. The summed E-state index contributed by atoms with van der Waals surface area (Å²) >= 11 is 10.9. The minimum atomic E-state index is -0.140. The summed E-state index contributed by atoms with van der Waals surface area (Å²) < 4.78 is 1.03. The second kappa shape index (κ2) is 9.26. The first-order valence-corrected chi connectivity index (χ1v) is 13.5. The predicted octanol–water partition coefficient (Wildman–Crippen LogP) is 5.34. The molecule has 4 rings (SSSR count). The summed E-state index contributed by atoms with van der Waals surface area (Å²) in [5.41, 5.74) is 2.94. The number of anilines is 1. The van der Waals surface area contributed by atoms with Crippen LogP contribution in [0.3, 0.4) is 0 Å². The highest BCUT2D eigenvalue weighted by atomic mass is 79.9. The molecule has 0 radical (unpaired) electrons. The van der Waals surface area contributed by atoms with Gasteiger partial charge in [-0.3, -0.25) is 19.3 Å². The second-order valence-electron chi connectivity index (χ2n) is 9.11. The number of alkyl halides is 2. The molecule has 3 amide bonds. The van der Waals surface area contributed by atoms with Gasteiger partial charge in [-0.05, 0) is 68.2 Å². The van der Waals surface area contributed by atoms with Gasteiger partial charge in [0.25, 0.3) is 0 Å². The predicted molar refractivity (Wildman–Crippen MR) is 131 cm³/mol. The zero-order valence-corrected chi connectivity index (χ0v) is 22.4. The summed E-state index contributed by atoms with van der Waals surface area (Å²) in [4.78, 5) is 40.1. The van der Waals surface area contributed by atoms with Crippen LogP contribution in [0.4, 0.5) is 5.69 Å². The van der Waals surface area contributed by atoms with Crippen LogP contribution in [-0.2, 0) is 14.4 Å². The van der Waals surface area contributed by atoms with Gasteiger partial charge in [-0.25, -0.2) is 0 Å². The van der Waals surface area contributed by atoms with Crippen LogP contribution in [0.2, 0.25) is 0 Å². The molecule has 6 atom stereocenters. The first-order valence-electron chi connectivity index (χ1n) is 10.9. The molecule has 5 nitrogen and oxygen atoms in total. The van der Waals surface area contributed by atoms with E-state index in [0.29, 0.717) is 13.0 Å². The van der Waals surface area contributed by atoms with Gasteiger partial charge in [0.1, 0.15) is 0 Å². The monoisotopic (exact) mass is 616 g/mol. The summed E-state index contributed by atoms with van der Waals surface area (Å²) in [6.07, 6.45) is 3.68. The maximum atomic E-state index is 12.9. The lowest BCUT2D eigenvalue weighted by Crippen LogP contribution is -2.37. The van der Waals surface area contributed by atoms with Crippen molar-refractivity contribution in [2.45, 2.75) is 55.6 Å². The maximum Gasteiger partial charge on any atom is 0.233 e. The Hall–Kier alpha value is -0.730. The molecule has 1 saturated heterocycles. The molecule has 3 aliphatic rings. The van der Waals surface area contributed by atoms with Crippen LogP contribution in [0.15, 0.2) is 16.6 Å². The number of likely N-dealkylation sites (tertiary alicyclic amines) is 1. The van der Waals surface area contributed by atoms with Crippen LogP contribution in [0.5, 0.6) is 0 Å². The second-order valence-corrected chi connectivity index (χ2v) is 12.1. The number of unbranched alkanes of at least 4 members (excludes halogenated alkanes) is 2. The van der Waals surface area contributed by atoms with Crippen molar-refractivity contribution in [2.24, 2.45) is 23.7 Å². The van der Waals surface area contributed by atoms with Crippen molar-refractivity contribution in [3.8, 4) is 0 Å². The number of amides is 3. The van der Waals surface area contributed by atoms with Crippen LogP contribution in [0.1, 0.15) is 43.2 Å². The van der Waals surface area contributed by atoms with E-state index in [-0.39, 0.29) is 51.0 Å². The molecule has 0 spiro atoms. The van der Waals surface area contributed by atoms with E-state index in [1.165, 1.54) is 4.90 Å². The molecule has 1 aromatic rings. The summed E-state index contributed by atoms with van der Waals surface area (Å²) in [5, 5.41) is 2.99. The van der Waals surface area contributed by atoms with E-state index in [9.17, 15) is 14.4 Å². The highest BCUT2D eigenvalue weighted by Gasteiger charge is 2.66. The Morgan fingerprint density at radius 2 is 1.61 bits per heavy atom. The van der Waals surface area contributed by atoms with Crippen molar-refractivity contribution in [1.82, 2.24) is 4.90 Å². The van der Waals surface area contributed by atoms with Crippen molar-refractivity contribution >= 4 is 71.2 Å². The number of benzene rings is 1. The van der Waals surface area contributed by atoms with E-state index >= 15 is 0 Å². The van der Waals surface area contributed by atoms with Crippen molar-refractivity contribution in [1.29, 1.82) is 0 Å². The van der Waals surface area contributed by atoms with Gasteiger partial charge in [-0.2, -0.15) is 0 Å². The molecule has 8 heteroatoms. The number of carbonyl (C=O) groups is 3. The topological polar surface area (TPSA) is 66.5 Å². The van der Waals surface area contributed by atoms with Crippen LogP contribution < -0.4 is 5.32 Å². The van der Waals surface area contributed by atoms with Crippen molar-refractivity contribution in [3.63, 3.8) is 0 Å². The average molecular weight is 619 g/mol. The number of halogens is 3. The smallest absolute Gasteiger partial charge is 0.233 e. The van der Waals surface area contributed by atoms with Gasteiger partial charge < -0.3 is 5.32 Å². The van der Waals surface area contributed by atoms with Crippen molar-refractivity contribution < 1.29 is 14.4 Å². The Balaban J connectivity index is 1.22. The van der Waals surface area contributed by atoms with Gasteiger partial charge in [0.15, 0.2) is 0 Å². The largest absolute Gasteiger partial charge is 0.326 e. The van der Waals surface area contributed by atoms with E-state index in [1.54, 1.807) is 0 Å². The molecule has 1 aliphatic heterocycles. The molecule has 1 heterocycles. The molecule has 1 aromatic carbocycles. The minimum Gasteiger partial charge on any atom is -0.326 e. The lowest BCUT2D eigenvalue weighted by Gasteiger charge is -2.28. The summed E-state index contributed by atoms with van der Waals surface area (Å²) in [7, 11) is 0. The fourth-order valence-corrected chi connectivity index (χ4v) is 7.82. The first-order chi connectivity index (χ1) is 14.7. The Morgan fingerprint density at radius 1 is 1.00 bits per heavy atom. The summed E-state index contributed by atoms with van der Waals surface area (Å²) in [6.45, 7) is 4.44. The number of hydrogen-bond acceptors (Lipinski definition) is 3. The van der Waals surface area contributed by atoms with Gasteiger partial charge in [0.05, 0.1) is 11.8 Å². The standard InChI is InChI=1S/C23H27Br3N2O3/c1-11-9-16(12(2)8-15(11)24)27-17(29)6-4-3-5-7-28-22(30)18-13-10-14(19(18)23(28)31)21(26)20(13)25/h8-9,13-14,18-21H,3-7,10H2,1-2H3,(H,27,29)/t13-,14-,18-,19-,20-,21+/m0/s1. The number of carbonyl (C=O) groups excluding carboxylic acids is 3. The number of imide groups is 1. The molecule has 168 valence electrons. The van der Waals surface area contributed by atoms with Crippen molar-refractivity contribution in [3.05, 3.63) is 27.7 Å². The van der Waals surface area contributed by atoms with E-state index in [4.69, 9.17) is 0 Å². The fraction of sp³-hybridized carbons (Fsp3) is 0.609. The number of nitrogens with one attached hydrogen (secondary N) is 1. The molecular weight excluding hydrogens is 592 g/mol. The van der Waals surface area contributed by atoms with Gasteiger partial charge in [0.2, 0.25) is 17.7 Å². The van der Waals surface area contributed by atoms with Crippen molar-refractivity contribution in [2.75, 3.05) is 11.9 Å². The maximum absolute atomic E-state index is 12.9. The third-order valence-corrected chi connectivity index (χ3v) is 11.2. The number of rotatable bonds is 7. The Labute approximate surface area is 208 Å². The van der Waals surface area contributed by atoms with E-state index in [1.807, 2.05) is 26.0 Å². The highest BCUT2D eigenvalue weighted by molar-refractivity contribution is 9.12. The fourth-order valence-electron chi connectivity index (χ4n) is 5.49. The zero-order chi connectivity index (χ0) is 22.4. The summed E-state index contributed by atoms with van der Waals surface area (Å²) in [6, 6.07) is 3.98. The Bertz CT molecular complexity index is 890. The normalized spacial score (nSPS) is 31.5. The molecule has 1 N–H and O–H groups in total. The van der Waals surface area contributed by atoms with E-state index in [2.05, 4.69) is 53.1 Å². The SMILES string of the molecule is Cc1cc(NC(=O)CCCCCN2C(=O)[C@H]3[C@@H]4C[C@H]([C@@H](Br)[C@H]4Br)[C@@H]3C2=O)c(C)cc1Br. The zero-order valence-electron chi connectivity index (χ0n) is 17.7. The number of nitrogens with zero attached hydrogens (tertiary/aromatic N) is 1. The molecule has 0 aromatic heterocycles. The van der Waals surface area contributed by atoms with Gasteiger partial charge in [-0.15, -0.1) is 0 Å². The third kappa shape index (κ3) is 4.29. The lowest BCUT2D eigenvalue weighted by atomic mass is 9.81. The van der Waals surface area contributed by atoms with Gasteiger partial charge >= 0.3 is 0 Å². The van der Waals surface area contributed by atoms with Gasteiger partial charge in [-0.1, -0.05) is 54.2 Å². The lowest BCUT2D eigenvalue weighted by molar-refractivity contribution is -0.140.